The van der Waals surface area contributed by atoms with Crippen LogP contribution in [-0.4, -0.2) is 143 Å². The van der Waals surface area contributed by atoms with Gasteiger partial charge in [-0.15, -0.1) is 0 Å². The molecule has 19 heteroatoms. The standard InChI is InChI=1S/C36H42O19/c1-18(38)49-16-27-33(51-19(2)39)31(45)32(46)35(52-27)55-36(17-37)34(53-29(43)12-8-21-6-10-23(41)25(14-21)48-4)30(44)26(54-36)15-50-28(42)11-7-20-5-9-22(40)24(13-20)47-3/h5-14,26-27,30-35,37,40-41,44-46H,15-17H2,1-4H3. The van der Waals surface area contributed by atoms with Gasteiger partial charge in [-0.05, 0) is 47.5 Å². The van der Waals surface area contributed by atoms with Gasteiger partial charge >= 0.3 is 23.9 Å². The summed E-state index contributed by atoms with van der Waals surface area (Å²) in [6.45, 7) is -0.389. The number of aromatic hydroxyl groups is 2. The topological polar surface area (TPSA) is 273 Å². The average molecular weight is 779 g/mol. The Hall–Kier alpha value is -5.28. The number of carbonyl (C=O) groups is 4. The fourth-order valence-electron chi connectivity index (χ4n) is 5.57. The Balaban J connectivity index is 1.59. The summed E-state index contributed by atoms with van der Waals surface area (Å²) in [5.74, 6) is -6.28. The molecule has 0 saturated carbocycles. The normalized spacial score (nSPS) is 27.8. The van der Waals surface area contributed by atoms with Crippen molar-refractivity contribution in [1.82, 2.24) is 0 Å². The van der Waals surface area contributed by atoms with Crippen LogP contribution in [0.15, 0.2) is 48.6 Å². The van der Waals surface area contributed by atoms with Crippen LogP contribution in [0.4, 0.5) is 0 Å². The highest BCUT2D eigenvalue weighted by molar-refractivity contribution is 5.88. The number of hydrogen-bond acceptors (Lipinski definition) is 19. The quantitative estimate of drug-likeness (QED) is 0.0770. The van der Waals surface area contributed by atoms with Crippen LogP contribution in [0.5, 0.6) is 23.0 Å². The Morgan fingerprint density at radius 3 is 1.84 bits per heavy atom. The molecule has 2 fully saturated rings. The zero-order valence-electron chi connectivity index (χ0n) is 30.0. The highest BCUT2D eigenvalue weighted by Gasteiger charge is 2.61. The van der Waals surface area contributed by atoms with E-state index in [1.807, 2.05) is 0 Å². The maximum absolute atomic E-state index is 13.1. The average Bonchev–Trinajstić information content (AvgIpc) is 3.41. The number of aliphatic hydroxyl groups excluding tert-OH is 4. The van der Waals surface area contributed by atoms with Gasteiger partial charge in [-0.3, -0.25) is 9.59 Å². The Morgan fingerprint density at radius 1 is 0.745 bits per heavy atom. The first-order valence-corrected chi connectivity index (χ1v) is 16.6. The second kappa shape index (κ2) is 18.8. The lowest BCUT2D eigenvalue weighted by Gasteiger charge is -2.44. The molecule has 0 radical (unpaired) electrons. The molecule has 9 atom stereocenters. The van der Waals surface area contributed by atoms with E-state index in [0.717, 1.165) is 26.0 Å². The highest BCUT2D eigenvalue weighted by atomic mass is 16.8. The molecule has 2 aliphatic heterocycles. The number of benzene rings is 2. The van der Waals surface area contributed by atoms with Gasteiger partial charge < -0.3 is 73.3 Å². The third-order valence-corrected chi connectivity index (χ3v) is 8.27. The predicted octanol–water partition coefficient (Wildman–Crippen LogP) is -0.297. The first-order chi connectivity index (χ1) is 26.1. The molecule has 2 aliphatic rings. The molecular formula is C36H42O19. The van der Waals surface area contributed by atoms with Gasteiger partial charge in [0.25, 0.3) is 0 Å². The Labute approximate surface area is 313 Å². The minimum atomic E-state index is -2.58. The van der Waals surface area contributed by atoms with Crippen molar-refractivity contribution in [2.45, 2.75) is 68.7 Å². The molecule has 0 bridgehead atoms. The van der Waals surface area contributed by atoms with Crippen molar-refractivity contribution >= 4 is 36.0 Å². The second-order valence-corrected chi connectivity index (χ2v) is 12.2. The Morgan fingerprint density at radius 2 is 1.31 bits per heavy atom. The van der Waals surface area contributed by atoms with E-state index in [1.54, 1.807) is 0 Å². The maximum atomic E-state index is 13.1. The van der Waals surface area contributed by atoms with Crippen molar-refractivity contribution in [2.75, 3.05) is 34.0 Å². The fraction of sp³-hybridized carbons (Fsp3) is 0.444. The fourth-order valence-corrected chi connectivity index (χ4v) is 5.57. The minimum absolute atomic E-state index is 0.106. The molecule has 2 heterocycles. The molecule has 0 spiro atoms. The number of hydrogen-bond donors (Lipinski definition) is 6. The summed E-state index contributed by atoms with van der Waals surface area (Å²) in [5, 5.41) is 63.6. The molecule has 0 amide bonds. The van der Waals surface area contributed by atoms with E-state index in [9.17, 15) is 49.8 Å². The number of aliphatic hydroxyl groups is 4. The van der Waals surface area contributed by atoms with Crippen LogP contribution in [0, 0.1) is 0 Å². The van der Waals surface area contributed by atoms with E-state index in [-0.39, 0.29) is 23.0 Å². The number of esters is 4. The number of methoxy groups -OCH3 is 2. The Bertz CT molecular complexity index is 1740. The van der Waals surface area contributed by atoms with Gasteiger partial charge in [0.2, 0.25) is 5.79 Å². The Kier molecular flexibility index (Phi) is 14.6. The summed E-state index contributed by atoms with van der Waals surface area (Å²) in [6.07, 6.45) is -9.72. The van der Waals surface area contributed by atoms with Crippen molar-refractivity contribution < 1.29 is 92.4 Å². The maximum Gasteiger partial charge on any atom is 0.331 e. The molecule has 0 aromatic heterocycles. The summed E-state index contributed by atoms with van der Waals surface area (Å²) in [7, 11) is 2.67. The number of rotatable bonds is 15. The smallest absolute Gasteiger partial charge is 0.331 e. The first kappa shape index (κ1) is 42.5. The van der Waals surface area contributed by atoms with Crippen molar-refractivity contribution in [2.24, 2.45) is 0 Å². The largest absolute Gasteiger partial charge is 0.504 e. The first-order valence-electron chi connectivity index (χ1n) is 16.6. The van der Waals surface area contributed by atoms with Crippen LogP contribution in [0.1, 0.15) is 25.0 Å². The molecule has 300 valence electrons. The monoisotopic (exact) mass is 778 g/mol. The number of ether oxygens (including phenoxy) is 9. The van der Waals surface area contributed by atoms with Crippen LogP contribution in [0.3, 0.4) is 0 Å². The zero-order chi connectivity index (χ0) is 40.4. The van der Waals surface area contributed by atoms with Gasteiger partial charge in [0, 0.05) is 26.0 Å². The summed E-state index contributed by atoms with van der Waals surface area (Å²) in [5.41, 5.74) is 0.843. The summed E-state index contributed by atoms with van der Waals surface area (Å²) in [4.78, 5) is 49.1. The van der Waals surface area contributed by atoms with E-state index in [4.69, 9.17) is 42.6 Å². The van der Waals surface area contributed by atoms with Gasteiger partial charge in [0.1, 0.15) is 50.3 Å². The van der Waals surface area contributed by atoms with E-state index in [1.165, 1.54) is 62.8 Å². The number of carbonyl (C=O) groups excluding carboxylic acids is 4. The predicted molar refractivity (Wildman–Crippen MR) is 183 cm³/mol. The van der Waals surface area contributed by atoms with Crippen molar-refractivity contribution in [1.29, 1.82) is 0 Å². The zero-order valence-corrected chi connectivity index (χ0v) is 30.0. The number of phenolic OH excluding ortho intramolecular Hbond substituents is 2. The molecular weight excluding hydrogens is 736 g/mol. The minimum Gasteiger partial charge on any atom is -0.504 e. The molecule has 2 aromatic rings. The summed E-state index contributed by atoms with van der Waals surface area (Å²) < 4.78 is 48.3. The molecule has 0 aliphatic carbocycles. The lowest BCUT2D eigenvalue weighted by Crippen LogP contribution is -2.64. The van der Waals surface area contributed by atoms with Gasteiger partial charge in [-0.25, -0.2) is 9.59 Å². The van der Waals surface area contributed by atoms with Gasteiger partial charge in [0.05, 0.1) is 14.2 Å². The van der Waals surface area contributed by atoms with E-state index >= 15 is 0 Å². The molecule has 4 rings (SSSR count). The summed E-state index contributed by atoms with van der Waals surface area (Å²) >= 11 is 0. The lowest BCUT2D eigenvalue weighted by molar-refractivity contribution is -0.383. The third kappa shape index (κ3) is 10.7. The van der Waals surface area contributed by atoms with E-state index in [0.29, 0.717) is 11.1 Å². The SMILES string of the molecule is COc1cc(C=CC(=O)OCC2OC(CO)(OC3OC(COC(C)=O)C(OC(C)=O)C(O)C3O)C(OC(=O)C=Cc3ccc(O)c(OC)c3)C2O)ccc1O. The third-order valence-electron chi connectivity index (χ3n) is 8.27. The van der Waals surface area contributed by atoms with Crippen LogP contribution < -0.4 is 9.47 Å². The number of phenols is 2. The molecule has 55 heavy (non-hydrogen) atoms. The summed E-state index contributed by atoms with van der Waals surface area (Å²) in [6, 6.07) is 8.47. The molecule has 9 unspecified atom stereocenters. The van der Waals surface area contributed by atoms with Gasteiger partial charge in [-0.1, -0.05) is 12.1 Å². The van der Waals surface area contributed by atoms with E-state index < -0.39 is 98.5 Å². The van der Waals surface area contributed by atoms with Crippen LogP contribution >= 0.6 is 0 Å². The molecule has 2 saturated heterocycles. The van der Waals surface area contributed by atoms with Gasteiger partial charge in [-0.2, -0.15) is 0 Å². The lowest BCUT2D eigenvalue weighted by atomic mass is 9.98. The van der Waals surface area contributed by atoms with Crippen molar-refractivity contribution in [3.05, 3.63) is 59.7 Å². The van der Waals surface area contributed by atoms with Crippen LogP contribution in [0.25, 0.3) is 12.2 Å². The second-order valence-electron chi connectivity index (χ2n) is 12.2. The van der Waals surface area contributed by atoms with E-state index in [2.05, 4.69) is 0 Å². The van der Waals surface area contributed by atoms with Crippen molar-refractivity contribution in [3.8, 4) is 23.0 Å². The molecule has 19 nitrogen and oxygen atoms in total. The van der Waals surface area contributed by atoms with Crippen LogP contribution in [-0.2, 0) is 52.3 Å². The van der Waals surface area contributed by atoms with Gasteiger partial charge in [0.15, 0.2) is 41.5 Å². The van der Waals surface area contributed by atoms with Crippen LogP contribution in [0.2, 0.25) is 0 Å². The molecule has 6 N–H and O–H groups in total. The highest BCUT2D eigenvalue weighted by Crippen LogP contribution is 2.39. The van der Waals surface area contributed by atoms with Crippen molar-refractivity contribution in [3.63, 3.8) is 0 Å². The molecule has 2 aromatic carbocycles.